The number of piperidine rings is 1. The fraction of sp³-hybridized carbons (Fsp3) is 0.350. The molecule has 0 bridgehead atoms. The summed E-state index contributed by atoms with van der Waals surface area (Å²) in [6, 6.07) is 13.1. The van der Waals surface area contributed by atoms with E-state index < -0.39 is 0 Å². The van der Waals surface area contributed by atoms with Crippen LogP contribution < -0.4 is 5.73 Å². The molecule has 0 spiro atoms. The number of likely N-dealkylation sites (tertiary alicyclic amines) is 1. The van der Waals surface area contributed by atoms with E-state index in [0.717, 1.165) is 18.7 Å². The van der Waals surface area contributed by atoms with Crippen molar-refractivity contribution < 1.29 is 0 Å². The summed E-state index contributed by atoms with van der Waals surface area (Å²) in [7, 11) is 0. The van der Waals surface area contributed by atoms with Crippen LogP contribution in [0, 0.1) is 0 Å². The zero-order valence-electron chi connectivity index (χ0n) is 13.6. The van der Waals surface area contributed by atoms with E-state index in [1.54, 1.807) is 6.20 Å². The number of rotatable bonds is 5. The van der Waals surface area contributed by atoms with Crippen molar-refractivity contribution in [2.24, 2.45) is 5.73 Å². The van der Waals surface area contributed by atoms with Crippen molar-refractivity contribution in [1.29, 1.82) is 0 Å². The molecule has 3 heteroatoms. The number of nitrogens with two attached hydrogens (primary N) is 1. The number of nitrogens with zero attached hydrogens (tertiary/aromatic N) is 2. The van der Waals surface area contributed by atoms with E-state index in [-0.39, 0.29) is 6.04 Å². The minimum absolute atomic E-state index is 0.0539. The van der Waals surface area contributed by atoms with Gasteiger partial charge in [-0.3, -0.25) is 9.88 Å². The summed E-state index contributed by atoms with van der Waals surface area (Å²) >= 11 is 0. The number of aromatic nitrogens is 1. The number of benzene rings is 1. The molecular weight excluding hydrogens is 282 g/mol. The summed E-state index contributed by atoms with van der Waals surface area (Å²) < 4.78 is 0. The van der Waals surface area contributed by atoms with Gasteiger partial charge in [-0.1, -0.05) is 42.8 Å². The zero-order valence-corrected chi connectivity index (χ0v) is 13.6. The molecule has 0 radical (unpaired) electrons. The molecule has 2 atom stereocenters. The third-order valence-corrected chi connectivity index (χ3v) is 4.73. The predicted molar refractivity (Wildman–Crippen MR) is 96.0 cm³/mol. The Morgan fingerprint density at radius 1 is 1.22 bits per heavy atom. The maximum Gasteiger partial charge on any atom is 0.0453 e. The number of hydrogen-bond donors (Lipinski definition) is 1. The fourth-order valence-corrected chi connectivity index (χ4v) is 3.47. The summed E-state index contributed by atoms with van der Waals surface area (Å²) in [5.41, 5.74) is 10.1. The quantitative estimate of drug-likeness (QED) is 0.855. The first-order valence-corrected chi connectivity index (χ1v) is 8.40. The molecule has 1 aliphatic heterocycles. The first kappa shape index (κ1) is 15.9. The van der Waals surface area contributed by atoms with Gasteiger partial charge in [-0.2, -0.15) is 0 Å². The highest BCUT2D eigenvalue weighted by Gasteiger charge is 2.27. The molecule has 3 rings (SSSR count). The number of pyridine rings is 1. The van der Waals surface area contributed by atoms with Gasteiger partial charge in [-0.05, 0) is 42.1 Å². The van der Waals surface area contributed by atoms with Crippen LogP contribution in [0.5, 0.6) is 0 Å². The van der Waals surface area contributed by atoms with E-state index in [9.17, 15) is 0 Å². The van der Waals surface area contributed by atoms with Crippen molar-refractivity contribution in [3.8, 4) is 11.1 Å². The topological polar surface area (TPSA) is 42.1 Å². The van der Waals surface area contributed by atoms with E-state index in [1.165, 1.54) is 30.4 Å². The fourth-order valence-electron chi connectivity index (χ4n) is 3.47. The maximum absolute atomic E-state index is 6.59. The van der Waals surface area contributed by atoms with Gasteiger partial charge in [0.15, 0.2) is 0 Å². The third-order valence-electron chi connectivity index (χ3n) is 4.73. The first-order chi connectivity index (χ1) is 11.3. The lowest BCUT2D eigenvalue weighted by Gasteiger charge is -2.38. The van der Waals surface area contributed by atoms with Crippen molar-refractivity contribution in [2.45, 2.75) is 31.3 Å². The van der Waals surface area contributed by atoms with E-state index in [2.05, 4.69) is 46.8 Å². The van der Waals surface area contributed by atoms with E-state index in [1.807, 2.05) is 18.3 Å². The second-order valence-electron chi connectivity index (χ2n) is 6.24. The molecule has 120 valence electrons. The average molecular weight is 307 g/mol. The highest BCUT2D eigenvalue weighted by atomic mass is 15.2. The van der Waals surface area contributed by atoms with Gasteiger partial charge in [0.25, 0.3) is 0 Å². The van der Waals surface area contributed by atoms with Crippen LogP contribution >= 0.6 is 0 Å². The molecule has 0 saturated carbocycles. The van der Waals surface area contributed by atoms with Gasteiger partial charge in [0, 0.05) is 31.0 Å². The van der Waals surface area contributed by atoms with Gasteiger partial charge in [-0.25, -0.2) is 0 Å². The lowest BCUT2D eigenvalue weighted by Crippen LogP contribution is -2.45. The molecule has 1 saturated heterocycles. The maximum atomic E-state index is 6.59. The smallest absolute Gasteiger partial charge is 0.0453 e. The standard InChI is InChI=1S/C20H25N3/c1-2-13-23-14-4-3-7-19(23)20(21)17-10-8-16(9-11-17)18-6-5-12-22-15-18/h2,5-6,8-12,15,19-20H,1,3-4,7,13-14,21H2/t19-,20-/m0/s1. The largest absolute Gasteiger partial charge is 0.323 e. The highest BCUT2D eigenvalue weighted by molar-refractivity contribution is 5.62. The van der Waals surface area contributed by atoms with Gasteiger partial charge in [0.05, 0.1) is 0 Å². The molecule has 3 nitrogen and oxygen atoms in total. The normalized spacial score (nSPS) is 20.1. The molecule has 0 unspecified atom stereocenters. The Labute approximate surface area is 138 Å². The predicted octanol–water partition coefficient (Wildman–Crippen LogP) is 3.79. The Morgan fingerprint density at radius 3 is 2.74 bits per heavy atom. The van der Waals surface area contributed by atoms with Crippen LogP contribution in [-0.4, -0.2) is 29.0 Å². The SMILES string of the molecule is C=CCN1CCCC[C@H]1[C@@H](N)c1ccc(-c2cccnc2)cc1. The van der Waals surface area contributed by atoms with Gasteiger partial charge in [0.2, 0.25) is 0 Å². The molecule has 0 amide bonds. The van der Waals surface area contributed by atoms with Gasteiger partial charge in [0.1, 0.15) is 0 Å². The molecule has 1 aliphatic rings. The minimum atomic E-state index is 0.0539. The summed E-state index contributed by atoms with van der Waals surface area (Å²) in [6.45, 7) is 5.92. The molecular formula is C20H25N3. The van der Waals surface area contributed by atoms with Gasteiger partial charge >= 0.3 is 0 Å². The molecule has 1 aromatic carbocycles. The molecule has 1 aromatic heterocycles. The van der Waals surface area contributed by atoms with Crippen LogP contribution in [0.3, 0.4) is 0 Å². The van der Waals surface area contributed by atoms with Crippen LogP contribution in [0.25, 0.3) is 11.1 Å². The Hall–Kier alpha value is -1.97. The van der Waals surface area contributed by atoms with E-state index in [4.69, 9.17) is 5.73 Å². The van der Waals surface area contributed by atoms with Crippen molar-refractivity contribution >= 4 is 0 Å². The molecule has 0 aliphatic carbocycles. The average Bonchev–Trinajstić information content (AvgIpc) is 2.63. The van der Waals surface area contributed by atoms with Crippen LogP contribution in [0.4, 0.5) is 0 Å². The second kappa shape index (κ2) is 7.53. The third kappa shape index (κ3) is 3.69. The van der Waals surface area contributed by atoms with Crippen molar-refractivity contribution in [1.82, 2.24) is 9.88 Å². The Morgan fingerprint density at radius 2 is 2.04 bits per heavy atom. The van der Waals surface area contributed by atoms with Crippen molar-refractivity contribution in [3.05, 3.63) is 67.0 Å². The van der Waals surface area contributed by atoms with Gasteiger partial charge in [-0.15, -0.1) is 6.58 Å². The molecule has 2 heterocycles. The summed E-state index contributed by atoms with van der Waals surface area (Å²) in [4.78, 5) is 6.65. The molecule has 2 N–H and O–H groups in total. The van der Waals surface area contributed by atoms with Gasteiger partial charge < -0.3 is 5.73 Å². The highest BCUT2D eigenvalue weighted by Crippen LogP contribution is 2.28. The Bertz CT molecular complexity index is 621. The first-order valence-electron chi connectivity index (χ1n) is 8.40. The minimum Gasteiger partial charge on any atom is -0.323 e. The zero-order chi connectivity index (χ0) is 16.1. The van der Waals surface area contributed by atoms with Crippen LogP contribution in [0.15, 0.2) is 61.4 Å². The molecule has 23 heavy (non-hydrogen) atoms. The summed E-state index contributed by atoms with van der Waals surface area (Å²) in [5, 5.41) is 0. The van der Waals surface area contributed by atoms with Crippen molar-refractivity contribution in [3.63, 3.8) is 0 Å². The van der Waals surface area contributed by atoms with E-state index in [0.29, 0.717) is 6.04 Å². The van der Waals surface area contributed by atoms with Crippen LogP contribution in [-0.2, 0) is 0 Å². The van der Waals surface area contributed by atoms with Crippen LogP contribution in [0.1, 0.15) is 30.9 Å². The molecule has 1 fully saturated rings. The molecule has 2 aromatic rings. The second-order valence-corrected chi connectivity index (χ2v) is 6.24. The Balaban J connectivity index is 1.76. The number of hydrogen-bond acceptors (Lipinski definition) is 3. The van der Waals surface area contributed by atoms with E-state index >= 15 is 0 Å². The monoisotopic (exact) mass is 307 g/mol. The lowest BCUT2D eigenvalue weighted by molar-refractivity contribution is 0.141. The van der Waals surface area contributed by atoms with Crippen molar-refractivity contribution in [2.75, 3.05) is 13.1 Å². The Kier molecular flexibility index (Phi) is 5.21. The van der Waals surface area contributed by atoms with Crippen LogP contribution in [0.2, 0.25) is 0 Å². The summed E-state index contributed by atoms with van der Waals surface area (Å²) in [5.74, 6) is 0. The lowest BCUT2D eigenvalue weighted by atomic mass is 9.90. The summed E-state index contributed by atoms with van der Waals surface area (Å²) in [6.07, 6.45) is 9.36.